The van der Waals surface area contributed by atoms with Crippen LogP contribution in [0.3, 0.4) is 0 Å². The first-order chi connectivity index (χ1) is 20.1. The van der Waals surface area contributed by atoms with Crippen LogP contribution >= 0.6 is 11.8 Å². The van der Waals surface area contributed by atoms with E-state index in [2.05, 4.69) is 16.0 Å². The largest absolute Gasteiger partial charge is 0.382 e. The molecule has 1 aromatic rings. The zero-order chi connectivity index (χ0) is 30.5. The number of ether oxygens (including phenoxy) is 2. The second-order valence-corrected chi connectivity index (χ2v) is 12.3. The van der Waals surface area contributed by atoms with Gasteiger partial charge < -0.3 is 30.3 Å². The van der Waals surface area contributed by atoms with Crippen LogP contribution in [0.2, 0.25) is 0 Å². The number of carbonyl (C=O) groups is 5. The molecular formula is C30H44N4O7S. The average Bonchev–Trinajstić information content (AvgIpc) is 3.45. The highest BCUT2D eigenvalue weighted by molar-refractivity contribution is 8.13. The third kappa shape index (κ3) is 10.1. The Balaban J connectivity index is 1.63. The van der Waals surface area contributed by atoms with Gasteiger partial charge in [-0.3, -0.25) is 24.0 Å². The average molecular weight is 605 g/mol. The second kappa shape index (κ2) is 16.6. The minimum absolute atomic E-state index is 0.0410. The maximum absolute atomic E-state index is 13.7. The topological polar surface area (TPSA) is 143 Å². The Bertz CT molecular complexity index is 1080. The van der Waals surface area contributed by atoms with Gasteiger partial charge in [0.2, 0.25) is 28.7 Å². The summed E-state index contributed by atoms with van der Waals surface area (Å²) in [5.74, 6) is -0.956. The lowest BCUT2D eigenvalue weighted by Gasteiger charge is -2.34. The highest BCUT2D eigenvalue weighted by Gasteiger charge is 2.42. The molecule has 0 aromatic heterocycles. The van der Waals surface area contributed by atoms with Gasteiger partial charge in [-0.15, -0.1) is 0 Å². The summed E-state index contributed by atoms with van der Waals surface area (Å²) in [6.45, 7) is 4.43. The van der Waals surface area contributed by atoms with E-state index in [0.29, 0.717) is 51.2 Å². The fraction of sp³-hybridized carbons (Fsp3) is 0.633. The van der Waals surface area contributed by atoms with Gasteiger partial charge in [-0.1, -0.05) is 54.9 Å². The third-order valence-corrected chi connectivity index (χ3v) is 8.35. The molecule has 12 heteroatoms. The van der Waals surface area contributed by atoms with Gasteiger partial charge in [-0.05, 0) is 45.1 Å². The Morgan fingerprint density at radius 2 is 1.76 bits per heavy atom. The van der Waals surface area contributed by atoms with Crippen LogP contribution in [-0.2, 0) is 39.9 Å². The quantitative estimate of drug-likeness (QED) is 0.288. The fourth-order valence-corrected chi connectivity index (χ4v) is 5.78. The Morgan fingerprint density at radius 1 is 1.00 bits per heavy atom. The summed E-state index contributed by atoms with van der Waals surface area (Å²) in [7, 11) is 1.57. The molecule has 0 saturated carbocycles. The Kier molecular flexibility index (Phi) is 13.3. The minimum atomic E-state index is -1.32. The van der Waals surface area contributed by atoms with Crippen molar-refractivity contribution < 1.29 is 33.4 Å². The predicted octanol–water partition coefficient (Wildman–Crippen LogP) is 1.58. The molecule has 2 aliphatic heterocycles. The first-order valence-electron chi connectivity index (χ1n) is 14.6. The summed E-state index contributed by atoms with van der Waals surface area (Å²) in [6.07, 6.45) is 3.94. The van der Waals surface area contributed by atoms with Crippen molar-refractivity contribution in [3.8, 4) is 0 Å². The van der Waals surface area contributed by atoms with Crippen molar-refractivity contribution in [2.24, 2.45) is 0 Å². The van der Waals surface area contributed by atoms with Crippen molar-refractivity contribution in [2.45, 2.75) is 82.5 Å². The number of rotatable bonds is 13. The zero-order valence-electron chi connectivity index (χ0n) is 24.8. The van der Waals surface area contributed by atoms with E-state index in [0.717, 1.165) is 18.4 Å². The highest BCUT2D eigenvalue weighted by Crippen LogP contribution is 2.22. The molecule has 3 rings (SSSR count). The zero-order valence-corrected chi connectivity index (χ0v) is 25.6. The van der Waals surface area contributed by atoms with E-state index in [1.165, 1.54) is 11.8 Å². The smallest absolute Gasteiger partial charge is 0.246 e. The Labute approximate surface area is 252 Å². The molecule has 232 valence electrons. The maximum atomic E-state index is 13.7. The second-order valence-electron chi connectivity index (χ2n) is 11.2. The molecule has 0 bridgehead atoms. The number of benzene rings is 1. The molecule has 3 atom stereocenters. The van der Waals surface area contributed by atoms with Crippen LogP contribution in [0.5, 0.6) is 0 Å². The molecule has 0 radical (unpaired) electrons. The standard InChI is InChI=1S/C30H44N4O7S/c1-30(2)29(39)32-23(19-21-11-6-4-7-12-21)28(38)34-15-10-14-24(34)27(37)31-22(26(36)33-30)13-8-5-9-18-42-25(35)20-41-17-16-40-3/h4,6-7,11-12,22-24H,5,8-10,13-20H2,1-3H3,(H,31,37)(H,32,39)(H,33,36)/t22-,23-,24+/m0/s1. The van der Waals surface area contributed by atoms with Crippen LogP contribution in [0.4, 0.5) is 0 Å². The normalized spacial score (nSPS) is 22.8. The van der Waals surface area contributed by atoms with Crippen LogP contribution in [-0.4, -0.2) is 96.5 Å². The fourth-order valence-electron chi connectivity index (χ4n) is 5.03. The van der Waals surface area contributed by atoms with E-state index < -0.39 is 35.5 Å². The van der Waals surface area contributed by atoms with Gasteiger partial charge >= 0.3 is 0 Å². The molecule has 11 nitrogen and oxygen atoms in total. The highest BCUT2D eigenvalue weighted by atomic mass is 32.2. The molecule has 0 aliphatic carbocycles. The first kappa shape index (κ1) is 33.5. The lowest BCUT2D eigenvalue weighted by molar-refractivity contribution is -0.144. The van der Waals surface area contributed by atoms with Crippen molar-refractivity contribution in [1.82, 2.24) is 20.9 Å². The van der Waals surface area contributed by atoms with Crippen LogP contribution in [0.1, 0.15) is 57.9 Å². The third-order valence-electron chi connectivity index (χ3n) is 7.41. The van der Waals surface area contributed by atoms with Crippen molar-refractivity contribution in [1.29, 1.82) is 0 Å². The molecule has 42 heavy (non-hydrogen) atoms. The van der Waals surface area contributed by atoms with E-state index in [1.807, 2.05) is 30.3 Å². The van der Waals surface area contributed by atoms with Crippen molar-refractivity contribution in [3.05, 3.63) is 35.9 Å². The summed E-state index contributed by atoms with van der Waals surface area (Å²) in [5, 5.41) is 8.48. The van der Waals surface area contributed by atoms with Crippen molar-refractivity contribution in [2.75, 3.05) is 39.2 Å². The van der Waals surface area contributed by atoms with Gasteiger partial charge in [-0.2, -0.15) is 0 Å². The van der Waals surface area contributed by atoms with Gasteiger partial charge in [0.15, 0.2) is 0 Å². The number of unbranched alkanes of at least 4 members (excludes halogenated alkanes) is 2. The van der Waals surface area contributed by atoms with Gasteiger partial charge in [0.1, 0.15) is 30.3 Å². The SMILES string of the molecule is COCCOCC(=O)SCCCCC[C@@H]1NC(=O)[C@H]2CCCN2C(=O)[C@H](Cc2ccccc2)NC(=O)C(C)(C)NC1=O. The number of amides is 4. The maximum Gasteiger partial charge on any atom is 0.246 e. The molecule has 1 aromatic carbocycles. The number of fused-ring (bicyclic) bond motifs is 1. The number of hydrogen-bond acceptors (Lipinski definition) is 8. The number of nitrogens with zero attached hydrogens (tertiary/aromatic N) is 1. The predicted molar refractivity (Wildman–Crippen MR) is 160 cm³/mol. The van der Waals surface area contributed by atoms with Crippen LogP contribution in [0.15, 0.2) is 30.3 Å². The number of thioether (sulfide) groups is 1. The molecule has 4 amide bonds. The molecule has 2 aliphatic rings. The monoisotopic (exact) mass is 604 g/mol. The van der Waals surface area contributed by atoms with E-state index in [-0.39, 0.29) is 30.0 Å². The number of methoxy groups -OCH3 is 1. The molecule has 0 spiro atoms. The summed E-state index contributed by atoms with van der Waals surface area (Å²) >= 11 is 1.21. The van der Waals surface area contributed by atoms with Crippen molar-refractivity contribution in [3.63, 3.8) is 0 Å². The van der Waals surface area contributed by atoms with E-state index in [1.54, 1.807) is 25.9 Å². The van der Waals surface area contributed by atoms with Gasteiger partial charge in [0.05, 0.1) is 13.2 Å². The summed E-state index contributed by atoms with van der Waals surface area (Å²) in [5.41, 5.74) is -0.440. The lowest BCUT2D eigenvalue weighted by atomic mass is 9.98. The Morgan fingerprint density at radius 3 is 2.50 bits per heavy atom. The van der Waals surface area contributed by atoms with E-state index in [4.69, 9.17) is 9.47 Å². The van der Waals surface area contributed by atoms with E-state index >= 15 is 0 Å². The number of nitrogens with one attached hydrogen (secondary N) is 3. The minimum Gasteiger partial charge on any atom is -0.382 e. The number of carbonyl (C=O) groups excluding carboxylic acids is 5. The van der Waals surface area contributed by atoms with Crippen molar-refractivity contribution >= 4 is 40.5 Å². The van der Waals surface area contributed by atoms with Crippen LogP contribution in [0, 0.1) is 0 Å². The van der Waals surface area contributed by atoms with Crippen LogP contribution < -0.4 is 16.0 Å². The molecule has 0 unspecified atom stereocenters. The van der Waals surface area contributed by atoms with E-state index in [9.17, 15) is 24.0 Å². The molecule has 2 heterocycles. The molecular weight excluding hydrogens is 560 g/mol. The van der Waals surface area contributed by atoms with Crippen LogP contribution in [0.25, 0.3) is 0 Å². The summed E-state index contributed by atoms with van der Waals surface area (Å²) in [4.78, 5) is 67.3. The number of hydrogen-bond donors (Lipinski definition) is 3. The van der Waals surface area contributed by atoms with Gasteiger partial charge in [-0.25, -0.2) is 0 Å². The first-order valence-corrected chi connectivity index (χ1v) is 15.6. The molecule has 2 fully saturated rings. The summed E-state index contributed by atoms with van der Waals surface area (Å²) in [6, 6.07) is 6.95. The lowest BCUT2D eigenvalue weighted by Crippen LogP contribution is -2.64. The Hall–Kier alpha value is -2.96. The summed E-state index contributed by atoms with van der Waals surface area (Å²) < 4.78 is 10.1. The van der Waals surface area contributed by atoms with Gasteiger partial charge in [0, 0.05) is 25.8 Å². The molecule has 2 saturated heterocycles. The van der Waals surface area contributed by atoms with Gasteiger partial charge in [0.25, 0.3) is 0 Å². The molecule has 3 N–H and O–H groups in total.